The lowest BCUT2D eigenvalue weighted by atomic mass is 10.2. The van der Waals surface area contributed by atoms with Crippen molar-refractivity contribution in [3.8, 4) is 0 Å². The van der Waals surface area contributed by atoms with Crippen molar-refractivity contribution in [3.05, 3.63) is 29.8 Å². The number of guanidine groups is 1. The van der Waals surface area contributed by atoms with Crippen LogP contribution in [-0.2, 0) is 11.3 Å². The highest BCUT2D eigenvalue weighted by atomic mass is 127. The summed E-state index contributed by atoms with van der Waals surface area (Å²) in [6.45, 7) is 7.01. The Kier molecular flexibility index (Phi) is 9.75. The van der Waals surface area contributed by atoms with Gasteiger partial charge in [-0.2, -0.15) is 0 Å². The van der Waals surface area contributed by atoms with Crippen LogP contribution in [0.2, 0.25) is 0 Å². The molecule has 2 rings (SSSR count). The second-order valence-corrected chi connectivity index (χ2v) is 6.58. The maximum atomic E-state index is 11.8. The van der Waals surface area contributed by atoms with E-state index in [1.54, 1.807) is 0 Å². The van der Waals surface area contributed by atoms with Gasteiger partial charge in [-0.15, -0.1) is 24.0 Å². The fourth-order valence-corrected chi connectivity index (χ4v) is 2.91. The van der Waals surface area contributed by atoms with Crippen molar-refractivity contribution >= 4 is 41.5 Å². The summed E-state index contributed by atoms with van der Waals surface area (Å²) in [5.41, 5.74) is 2.36. The van der Waals surface area contributed by atoms with E-state index in [2.05, 4.69) is 51.7 Å². The van der Waals surface area contributed by atoms with E-state index < -0.39 is 0 Å². The zero-order valence-corrected chi connectivity index (χ0v) is 18.6. The van der Waals surface area contributed by atoms with E-state index in [0.29, 0.717) is 13.0 Å². The largest absolute Gasteiger partial charge is 0.378 e. The van der Waals surface area contributed by atoms with Crippen molar-refractivity contribution in [1.29, 1.82) is 0 Å². The fraction of sp³-hybridized carbons (Fsp3) is 0.579. The van der Waals surface area contributed by atoms with E-state index in [4.69, 9.17) is 0 Å². The fourth-order valence-electron chi connectivity index (χ4n) is 2.91. The van der Waals surface area contributed by atoms with Gasteiger partial charge in [-0.05, 0) is 31.0 Å². The third-order valence-corrected chi connectivity index (χ3v) is 4.40. The van der Waals surface area contributed by atoms with Crippen LogP contribution < -0.4 is 15.5 Å². The van der Waals surface area contributed by atoms with Crippen molar-refractivity contribution in [2.75, 3.05) is 38.6 Å². The van der Waals surface area contributed by atoms with E-state index in [9.17, 15) is 4.79 Å². The second kappa shape index (κ2) is 11.3. The Morgan fingerprint density at radius 2 is 1.96 bits per heavy atom. The molecule has 1 fully saturated rings. The number of anilines is 1. The zero-order valence-electron chi connectivity index (χ0n) is 16.3. The number of hydrogen-bond acceptors (Lipinski definition) is 3. The molecule has 6 nitrogen and oxygen atoms in total. The van der Waals surface area contributed by atoms with Gasteiger partial charge in [-0.25, -0.2) is 4.99 Å². The SMILES string of the molecule is CCNC(=NCc1ccc(N(C)C)cc1)NC1CCN(C(=O)CC)C1.I. The molecule has 1 aliphatic heterocycles. The molecule has 0 spiro atoms. The summed E-state index contributed by atoms with van der Waals surface area (Å²) >= 11 is 0. The van der Waals surface area contributed by atoms with Crippen molar-refractivity contribution < 1.29 is 4.79 Å². The molecule has 2 N–H and O–H groups in total. The molecule has 1 aromatic rings. The minimum atomic E-state index is 0. The van der Waals surface area contributed by atoms with Crippen LogP contribution in [0.15, 0.2) is 29.3 Å². The van der Waals surface area contributed by atoms with Crippen LogP contribution in [0.25, 0.3) is 0 Å². The van der Waals surface area contributed by atoms with Crippen LogP contribution in [0.5, 0.6) is 0 Å². The second-order valence-electron chi connectivity index (χ2n) is 6.58. The number of likely N-dealkylation sites (tertiary alicyclic amines) is 1. The molecule has 0 aromatic heterocycles. The molecule has 0 radical (unpaired) electrons. The van der Waals surface area contributed by atoms with Gasteiger partial charge in [0.05, 0.1) is 6.54 Å². The van der Waals surface area contributed by atoms with Gasteiger partial charge in [-0.3, -0.25) is 4.79 Å². The first-order valence-electron chi connectivity index (χ1n) is 9.12. The molecule has 1 amide bonds. The summed E-state index contributed by atoms with van der Waals surface area (Å²) < 4.78 is 0. The van der Waals surface area contributed by atoms with E-state index in [0.717, 1.165) is 32.0 Å². The third kappa shape index (κ3) is 6.66. The summed E-state index contributed by atoms with van der Waals surface area (Å²) in [6.07, 6.45) is 1.54. The minimum absolute atomic E-state index is 0. The van der Waals surface area contributed by atoms with Crippen molar-refractivity contribution in [1.82, 2.24) is 15.5 Å². The number of amides is 1. The van der Waals surface area contributed by atoms with Gasteiger partial charge >= 0.3 is 0 Å². The number of carbonyl (C=O) groups excluding carboxylic acids is 1. The highest BCUT2D eigenvalue weighted by Crippen LogP contribution is 2.13. The molecule has 26 heavy (non-hydrogen) atoms. The average Bonchev–Trinajstić information content (AvgIpc) is 3.08. The van der Waals surface area contributed by atoms with E-state index in [1.165, 1.54) is 11.3 Å². The summed E-state index contributed by atoms with van der Waals surface area (Å²) in [5.74, 6) is 1.04. The first-order valence-corrected chi connectivity index (χ1v) is 9.12. The maximum Gasteiger partial charge on any atom is 0.222 e. The van der Waals surface area contributed by atoms with Crippen LogP contribution >= 0.6 is 24.0 Å². The number of carbonyl (C=O) groups is 1. The Hall–Kier alpha value is -1.51. The Morgan fingerprint density at radius 3 is 2.54 bits per heavy atom. The summed E-state index contributed by atoms with van der Waals surface area (Å²) in [4.78, 5) is 20.5. The normalized spacial score (nSPS) is 16.8. The van der Waals surface area contributed by atoms with Crippen LogP contribution in [-0.4, -0.2) is 56.5 Å². The van der Waals surface area contributed by atoms with Crippen molar-refractivity contribution in [2.24, 2.45) is 4.99 Å². The monoisotopic (exact) mass is 473 g/mol. The smallest absolute Gasteiger partial charge is 0.222 e. The lowest BCUT2D eigenvalue weighted by molar-refractivity contribution is -0.129. The lowest BCUT2D eigenvalue weighted by Crippen LogP contribution is -2.45. The summed E-state index contributed by atoms with van der Waals surface area (Å²) in [5, 5.41) is 6.76. The molecule has 1 aliphatic rings. The van der Waals surface area contributed by atoms with E-state index in [1.807, 2.05) is 25.9 Å². The molecule has 0 bridgehead atoms. The molecule has 1 heterocycles. The number of hydrogen-bond donors (Lipinski definition) is 2. The Labute approximate surface area is 174 Å². The maximum absolute atomic E-state index is 11.8. The molecule has 0 saturated carbocycles. The lowest BCUT2D eigenvalue weighted by Gasteiger charge is -2.18. The standard InChI is InChI=1S/C19H31N5O.HI/c1-5-18(25)24-12-11-16(14-24)22-19(20-6-2)21-13-15-7-9-17(10-8-15)23(3)4;/h7-10,16H,5-6,11-14H2,1-4H3,(H2,20,21,22);1H. The zero-order chi connectivity index (χ0) is 18.2. The molecule has 1 atom stereocenters. The Morgan fingerprint density at radius 1 is 1.27 bits per heavy atom. The molecular formula is C19H32IN5O. The molecule has 146 valence electrons. The quantitative estimate of drug-likeness (QED) is 0.379. The number of rotatable bonds is 6. The average molecular weight is 473 g/mol. The van der Waals surface area contributed by atoms with Gasteiger partial charge in [-0.1, -0.05) is 19.1 Å². The molecule has 1 saturated heterocycles. The Bertz CT molecular complexity index is 588. The minimum Gasteiger partial charge on any atom is -0.378 e. The first-order chi connectivity index (χ1) is 12.0. The number of nitrogens with zero attached hydrogens (tertiary/aromatic N) is 3. The van der Waals surface area contributed by atoms with Gasteiger partial charge in [0, 0.05) is 51.9 Å². The van der Waals surface area contributed by atoms with Crippen LogP contribution in [0.3, 0.4) is 0 Å². The van der Waals surface area contributed by atoms with Gasteiger partial charge in [0.25, 0.3) is 0 Å². The predicted octanol–water partition coefficient (Wildman–Crippen LogP) is 2.44. The van der Waals surface area contributed by atoms with Crippen LogP contribution in [0, 0.1) is 0 Å². The first kappa shape index (κ1) is 22.5. The molecule has 0 aliphatic carbocycles. The van der Waals surface area contributed by atoms with E-state index >= 15 is 0 Å². The van der Waals surface area contributed by atoms with Gasteiger partial charge in [0.1, 0.15) is 0 Å². The molecule has 1 aromatic carbocycles. The predicted molar refractivity (Wildman–Crippen MR) is 119 cm³/mol. The number of benzene rings is 1. The third-order valence-electron chi connectivity index (χ3n) is 4.40. The van der Waals surface area contributed by atoms with Gasteiger partial charge in [0.15, 0.2) is 5.96 Å². The topological polar surface area (TPSA) is 60.0 Å². The van der Waals surface area contributed by atoms with Gasteiger partial charge in [0.2, 0.25) is 5.91 Å². The summed E-state index contributed by atoms with van der Waals surface area (Å²) in [7, 11) is 4.07. The van der Waals surface area contributed by atoms with Gasteiger partial charge < -0.3 is 20.4 Å². The van der Waals surface area contributed by atoms with Crippen molar-refractivity contribution in [2.45, 2.75) is 39.3 Å². The van der Waals surface area contributed by atoms with Crippen molar-refractivity contribution in [3.63, 3.8) is 0 Å². The number of halogens is 1. The van der Waals surface area contributed by atoms with Crippen LogP contribution in [0.1, 0.15) is 32.3 Å². The highest BCUT2D eigenvalue weighted by Gasteiger charge is 2.25. The highest BCUT2D eigenvalue weighted by molar-refractivity contribution is 14.0. The summed E-state index contributed by atoms with van der Waals surface area (Å²) in [6, 6.07) is 8.70. The van der Waals surface area contributed by atoms with E-state index in [-0.39, 0.29) is 35.9 Å². The Balaban J connectivity index is 0.00000338. The molecule has 1 unspecified atom stereocenters. The molecular weight excluding hydrogens is 441 g/mol. The number of aliphatic imine (C=N–C) groups is 1. The van der Waals surface area contributed by atoms with Crippen LogP contribution in [0.4, 0.5) is 5.69 Å². The molecule has 7 heteroatoms. The number of nitrogens with one attached hydrogen (secondary N) is 2.